The molecule has 0 radical (unpaired) electrons. The third kappa shape index (κ3) is 3.29. The number of rotatable bonds is 2. The minimum absolute atomic E-state index is 0.739. The van der Waals surface area contributed by atoms with Crippen LogP contribution in [0, 0.1) is 0 Å². The number of nitrogens with zero attached hydrogens (tertiary/aromatic N) is 2. The van der Waals surface area contributed by atoms with Gasteiger partial charge < -0.3 is 0 Å². The van der Waals surface area contributed by atoms with Gasteiger partial charge in [-0.05, 0) is 61.0 Å². The van der Waals surface area contributed by atoms with Gasteiger partial charge in [0, 0.05) is 18.2 Å². The first kappa shape index (κ1) is 18.9. The van der Waals surface area contributed by atoms with Crippen molar-refractivity contribution in [1.82, 2.24) is 0 Å². The molecule has 5 aromatic carbocycles. The van der Waals surface area contributed by atoms with Gasteiger partial charge in [-0.2, -0.15) is 0 Å². The summed E-state index contributed by atoms with van der Waals surface area (Å²) in [4.78, 5) is 9.24. The lowest BCUT2D eigenvalue weighted by Gasteiger charge is -2.11. The summed E-state index contributed by atoms with van der Waals surface area (Å²) in [7, 11) is 1.79. The summed E-state index contributed by atoms with van der Waals surface area (Å²) in [6.45, 7) is 0. The first-order chi connectivity index (χ1) is 14.8. The smallest absolute Gasteiger partial charge is 0.155 e. The predicted molar refractivity (Wildman–Crippen MR) is 138 cm³/mol. The highest BCUT2D eigenvalue weighted by atomic mass is 127. The van der Waals surface area contributed by atoms with Crippen LogP contribution < -0.4 is 0 Å². The van der Waals surface area contributed by atoms with Crippen LogP contribution in [0.15, 0.2) is 107 Å². The van der Waals surface area contributed by atoms with E-state index in [-0.39, 0.29) is 0 Å². The normalized spacial score (nSPS) is 12.7. The van der Waals surface area contributed by atoms with E-state index in [9.17, 15) is 0 Å². The van der Waals surface area contributed by atoms with Crippen LogP contribution in [-0.2, 0) is 0 Å². The van der Waals surface area contributed by atoms with E-state index in [1.165, 1.54) is 32.3 Å². The Bertz CT molecular complexity index is 1410. The van der Waals surface area contributed by atoms with Crippen molar-refractivity contribution >= 4 is 64.5 Å². The fourth-order valence-electron chi connectivity index (χ4n) is 4.02. The van der Waals surface area contributed by atoms with E-state index >= 15 is 0 Å². The van der Waals surface area contributed by atoms with Gasteiger partial charge in [-0.25, -0.2) is 4.99 Å². The van der Waals surface area contributed by atoms with Crippen molar-refractivity contribution in [2.24, 2.45) is 9.98 Å². The molecule has 2 nitrogen and oxygen atoms in total. The topological polar surface area (TPSA) is 24.7 Å². The van der Waals surface area contributed by atoms with Gasteiger partial charge in [-0.3, -0.25) is 4.99 Å². The third-order valence-electron chi connectivity index (χ3n) is 5.43. The van der Waals surface area contributed by atoms with Crippen LogP contribution >= 0.6 is 22.6 Å². The fourth-order valence-corrected chi connectivity index (χ4v) is 4.59. The highest BCUT2D eigenvalue weighted by Gasteiger charge is 2.11. The van der Waals surface area contributed by atoms with Crippen molar-refractivity contribution in [3.05, 3.63) is 108 Å². The Hall–Kier alpha value is -3.05. The van der Waals surface area contributed by atoms with E-state index in [1.54, 1.807) is 7.05 Å². The van der Waals surface area contributed by atoms with Crippen LogP contribution in [0.5, 0.6) is 0 Å². The predicted octanol–water partition coefficient (Wildman–Crippen LogP) is 7.40. The summed E-state index contributed by atoms with van der Waals surface area (Å²) < 4.78 is 0.927. The summed E-state index contributed by atoms with van der Waals surface area (Å²) in [5.74, 6) is 0.739. The van der Waals surface area contributed by atoms with Gasteiger partial charge in [-0.1, -0.05) is 91.0 Å². The Labute approximate surface area is 189 Å². The summed E-state index contributed by atoms with van der Waals surface area (Å²) in [6.07, 6.45) is 0. The van der Waals surface area contributed by atoms with Gasteiger partial charge in [0.15, 0.2) is 5.84 Å². The van der Waals surface area contributed by atoms with E-state index in [2.05, 4.69) is 94.3 Å². The molecule has 0 aliphatic carbocycles. The summed E-state index contributed by atoms with van der Waals surface area (Å²) in [5, 5.41) is 7.64. The molecule has 5 aromatic rings. The lowest BCUT2D eigenvalue weighted by molar-refractivity contribution is 1.39. The maximum atomic E-state index is 4.84. The highest BCUT2D eigenvalue weighted by Crippen LogP contribution is 2.35. The summed E-state index contributed by atoms with van der Waals surface area (Å²) in [6, 6.07) is 34.0. The minimum atomic E-state index is 0.739. The van der Waals surface area contributed by atoms with Crippen LogP contribution in [0.2, 0.25) is 0 Å². The number of halogens is 1. The molecule has 0 saturated heterocycles. The van der Waals surface area contributed by atoms with Crippen molar-refractivity contribution in [3.8, 4) is 0 Å². The molecule has 5 rings (SSSR count). The second-order valence-corrected chi connectivity index (χ2v) is 8.19. The second-order valence-electron chi connectivity index (χ2n) is 7.17. The van der Waals surface area contributed by atoms with E-state index in [0.29, 0.717) is 0 Å². The number of aliphatic imine (C=N–C) groups is 2. The molecule has 0 aliphatic heterocycles. The van der Waals surface area contributed by atoms with Gasteiger partial charge in [-0.15, -0.1) is 0 Å². The van der Waals surface area contributed by atoms with Crippen LogP contribution in [0.1, 0.15) is 11.1 Å². The number of amidine groups is 1. The molecular weight excluding hydrogens is 479 g/mol. The van der Waals surface area contributed by atoms with Crippen LogP contribution in [0.25, 0.3) is 32.3 Å². The largest absolute Gasteiger partial charge is 0.270 e. The molecule has 0 aromatic heterocycles. The Morgan fingerprint density at radius 1 is 0.567 bits per heavy atom. The Balaban J connectivity index is 1.72. The molecule has 3 heteroatoms. The Morgan fingerprint density at radius 2 is 1.07 bits per heavy atom. The van der Waals surface area contributed by atoms with Gasteiger partial charge >= 0.3 is 0 Å². The maximum Gasteiger partial charge on any atom is 0.155 e. The van der Waals surface area contributed by atoms with E-state index in [4.69, 9.17) is 4.99 Å². The number of benzene rings is 5. The zero-order valence-corrected chi connectivity index (χ0v) is 18.7. The Kier molecular flexibility index (Phi) is 5.05. The lowest BCUT2D eigenvalue weighted by atomic mass is 9.93. The average Bonchev–Trinajstić information content (AvgIpc) is 2.83. The van der Waals surface area contributed by atoms with E-state index < -0.39 is 0 Å². The van der Waals surface area contributed by atoms with Crippen LogP contribution in [0.4, 0.5) is 0 Å². The number of fused-ring (bicyclic) bond motifs is 6. The Morgan fingerprint density at radius 3 is 1.63 bits per heavy atom. The standard InChI is InChI=1S/C27H19IN2/c1-29-27(18-9-3-2-4-10-18)30-26(28)19-15-16-24-22-13-6-5-11-20(22)21-12-7-8-14-23(21)25(24)17-19/h2-17H,1H3/b29-27-,30-26-. The van der Waals surface area contributed by atoms with Gasteiger partial charge in [0.1, 0.15) is 3.72 Å². The molecule has 0 aliphatic rings. The molecular formula is C27H19IN2. The summed E-state index contributed by atoms with van der Waals surface area (Å²) in [5.41, 5.74) is 2.12. The molecule has 0 saturated carbocycles. The monoisotopic (exact) mass is 498 g/mol. The fraction of sp³-hybridized carbons (Fsp3) is 0.0370. The molecule has 0 unspecified atom stereocenters. The SMILES string of the molecule is C/N=C(\N=C(/I)c1ccc2c3ccccc3c3ccccc3c2c1)c1ccccc1. The lowest BCUT2D eigenvalue weighted by Crippen LogP contribution is -2.01. The average molecular weight is 498 g/mol. The van der Waals surface area contributed by atoms with Gasteiger partial charge in [0.05, 0.1) is 0 Å². The van der Waals surface area contributed by atoms with E-state index in [1.807, 2.05) is 30.3 Å². The van der Waals surface area contributed by atoms with E-state index in [0.717, 1.165) is 20.7 Å². The molecule has 0 heterocycles. The van der Waals surface area contributed by atoms with Crippen LogP contribution in [-0.4, -0.2) is 16.6 Å². The second kappa shape index (κ2) is 8.00. The molecule has 30 heavy (non-hydrogen) atoms. The summed E-state index contributed by atoms with van der Waals surface area (Å²) >= 11 is 2.32. The quantitative estimate of drug-likeness (QED) is 0.105. The number of hydrogen-bond donors (Lipinski definition) is 0. The van der Waals surface area contributed by atoms with Gasteiger partial charge in [0.2, 0.25) is 0 Å². The number of hydrogen-bond acceptors (Lipinski definition) is 1. The maximum absolute atomic E-state index is 4.84. The van der Waals surface area contributed by atoms with Crippen molar-refractivity contribution < 1.29 is 0 Å². The first-order valence-corrected chi connectivity index (χ1v) is 10.9. The first-order valence-electron chi connectivity index (χ1n) is 9.86. The molecule has 0 spiro atoms. The molecule has 0 fully saturated rings. The van der Waals surface area contributed by atoms with Crippen molar-refractivity contribution in [3.63, 3.8) is 0 Å². The van der Waals surface area contributed by atoms with Crippen molar-refractivity contribution in [1.29, 1.82) is 0 Å². The highest BCUT2D eigenvalue weighted by molar-refractivity contribution is 14.1. The van der Waals surface area contributed by atoms with Crippen molar-refractivity contribution in [2.45, 2.75) is 0 Å². The molecule has 0 N–H and O–H groups in total. The zero-order valence-electron chi connectivity index (χ0n) is 16.5. The molecule has 144 valence electrons. The molecule has 0 bridgehead atoms. The van der Waals surface area contributed by atoms with Crippen LogP contribution in [0.3, 0.4) is 0 Å². The molecule has 0 atom stereocenters. The van der Waals surface area contributed by atoms with Gasteiger partial charge in [0.25, 0.3) is 0 Å². The van der Waals surface area contributed by atoms with Crippen molar-refractivity contribution in [2.75, 3.05) is 7.05 Å². The zero-order chi connectivity index (χ0) is 20.5. The minimum Gasteiger partial charge on any atom is -0.270 e. The molecule has 0 amide bonds. The third-order valence-corrected chi connectivity index (χ3v) is 6.29.